The van der Waals surface area contributed by atoms with E-state index in [2.05, 4.69) is 5.32 Å². The van der Waals surface area contributed by atoms with Gasteiger partial charge in [-0.15, -0.1) is 0 Å². The lowest BCUT2D eigenvalue weighted by Gasteiger charge is -2.16. The molecule has 2 aromatic carbocycles. The second-order valence-corrected chi connectivity index (χ2v) is 5.57. The number of para-hydroxylation sites is 1. The van der Waals surface area contributed by atoms with Crippen LogP contribution >= 0.6 is 0 Å². The number of hydrogen-bond acceptors (Lipinski definition) is 5. The fourth-order valence-corrected chi connectivity index (χ4v) is 2.39. The highest BCUT2D eigenvalue weighted by molar-refractivity contribution is 5.94. The minimum absolute atomic E-state index is 0.317. The van der Waals surface area contributed by atoms with Gasteiger partial charge in [0.15, 0.2) is 17.6 Å². The van der Waals surface area contributed by atoms with Gasteiger partial charge < -0.3 is 19.5 Å². The summed E-state index contributed by atoms with van der Waals surface area (Å²) in [6.07, 6.45) is 0.0602. The summed E-state index contributed by atoms with van der Waals surface area (Å²) in [7, 11) is 0. The van der Waals surface area contributed by atoms with E-state index in [1.165, 1.54) is 0 Å². The third kappa shape index (κ3) is 4.01. The Morgan fingerprint density at radius 3 is 2.76 bits per heavy atom. The van der Waals surface area contributed by atoms with Crippen LogP contribution in [0.15, 0.2) is 42.5 Å². The molecule has 1 atom stereocenters. The smallest absolute Gasteiger partial charge is 0.265 e. The van der Waals surface area contributed by atoms with Crippen LogP contribution in [0.5, 0.6) is 17.2 Å². The molecular formula is C19H18N2O4. The van der Waals surface area contributed by atoms with Gasteiger partial charge in [-0.25, -0.2) is 0 Å². The van der Waals surface area contributed by atoms with Crippen LogP contribution in [0.4, 0.5) is 5.69 Å². The molecule has 1 heterocycles. The highest BCUT2D eigenvalue weighted by Gasteiger charge is 2.18. The molecule has 6 nitrogen and oxygen atoms in total. The van der Waals surface area contributed by atoms with Crippen LogP contribution in [0.25, 0.3) is 0 Å². The molecule has 1 unspecified atom stereocenters. The first-order valence-electron chi connectivity index (χ1n) is 8.03. The number of amides is 1. The van der Waals surface area contributed by atoms with Crippen molar-refractivity contribution in [2.75, 3.05) is 18.5 Å². The summed E-state index contributed by atoms with van der Waals surface area (Å²) < 4.78 is 16.8. The molecule has 2 aromatic rings. The van der Waals surface area contributed by atoms with Crippen LogP contribution < -0.4 is 19.5 Å². The number of nitrogens with zero attached hydrogens (tertiary/aromatic N) is 1. The Morgan fingerprint density at radius 1 is 1.20 bits per heavy atom. The Kier molecular flexibility index (Phi) is 5.05. The van der Waals surface area contributed by atoms with Crippen molar-refractivity contribution >= 4 is 11.6 Å². The molecule has 0 aromatic heterocycles. The van der Waals surface area contributed by atoms with Crippen molar-refractivity contribution in [3.8, 4) is 23.3 Å². The predicted octanol–water partition coefficient (Wildman–Crippen LogP) is 3.13. The average Bonchev–Trinajstić information content (AvgIpc) is 2.87. The number of fused-ring (bicyclic) bond motifs is 1. The fraction of sp³-hybridized carbons (Fsp3) is 0.263. The third-order valence-electron chi connectivity index (χ3n) is 3.70. The number of carbonyl (C=O) groups excluding carboxylic acids is 1. The molecule has 0 radical (unpaired) electrons. The van der Waals surface area contributed by atoms with Gasteiger partial charge in [0.25, 0.3) is 5.91 Å². The maximum absolute atomic E-state index is 12.4. The first-order chi connectivity index (χ1) is 12.2. The number of carbonyl (C=O) groups is 1. The molecule has 1 aliphatic heterocycles. The van der Waals surface area contributed by atoms with Gasteiger partial charge in [0.2, 0.25) is 0 Å². The predicted molar refractivity (Wildman–Crippen MR) is 91.9 cm³/mol. The zero-order valence-corrected chi connectivity index (χ0v) is 13.8. The molecular weight excluding hydrogens is 320 g/mol. The number of rotatable bonds is 4. The summed E-state index contributed by atoms with van der Waals surface area (Å²) in [5, 5.41) is 11.9. The molecule has 128 valence electrons. The van der Waals surface area contributed by atoms with E-state index in [0.29, 0.717) is 41.7 Å². The van der Waals surface area contributed by atoms with Gasteiger partial charge >= 0.3 is 0 Å². The first-order valence-corrected chi connectivity index (χ1v) is 8.03. The van der Waals surface area contributed by atoms with Gasteiger partial charge in [-0.3, -0.25) is 4.79 Å². The lowest BCUT2D eigenvalue weighted by atomic mass is 10.2. The summed E-state index contributed by atoms with van der Waals surface area (Å²) in [5.74, 6) is 1.34. The second-order valence-electron chi connectivity index (χ2n) is 5.57. The Bertz CT molecular complexity index is 813. The van der Waals surface area contributed by atoms with Gasteiger partial charge in [-0.1, -0.05) is 12.1 Å². The minimum atomic E-state index is -0.759. The highest BCUT2D eigenvalue weighted by Crippen LogP contribution is 2.32. The Balaban J connectivity index is 1.67. The summed E-state index contributed by atoms with van der Waals surface area (Å²) in [5.41, 5.74) is 0.982. The standard InChI is InChI=1S/C19H18N2O4/c1-13(25-16-6-3-2-5-14(16)12-20)19(22)21-15-7-8-17-18(11-15)24-10-4-9-23-17/h2-3,5-8,11,13H,4,9-10H2,1H3,(H,21,22). The molecule has 1 aliphatic rings. The van der Waals surface area contributed by atoms with Gasteiger partial charge in [0, 0.05) is 18.2 Å². The molecule has 3 rings (SSSR count). The fourth-order valence-electron chi connectivity index (χ4n) is 2.39. The minimum Gasteiger partial charge on any atom is -0.490 e. The van der Waals surface area contributed by atoms with E-state index in [0.717, 1.165) is 6.42 Å². The van der Waals surface area contributed by atoms with Crippen molar-refractivity contribution < 1.29 is 19.0 Å². The zero-order chi connectivity index (χ0) is 17.6. The van der Waals surface area contributed by atoms with E-state index in [4.69, 9.17) is 19.5 Å². The quantitative estimate of drug-likeness (QED) is 0.926. The third-order valence-corrected chi connectivity index (χ3v) is 3.70. The van der Waals surface area contributed by atoms with E-state index in [9.17, 15) is 4.79 Å². The van der Waals surface area contributed by atoms with Crippen molar-refractivity contribution in [1.82, 2.24) is 0 Å². The van der Waals surface area contributed by atoms with Gasteiger partial charge in [-0.05, 0) is 31.2 Å². The number of nitriles is 1. The van der Waals surface area contributed by atoms with Crippen LogP contribution in [0, 0.1) is 11.3 Å². The molecule has 25 heavy (non-hydrogen) atoms. The monoisotopic (exact) mass is 338 g/mol. The van der Waals surface area contributed by atoms with Crippen molar-refractivity contribution in [2.45, 2.75) is 19.4 Å². The lowest BCUT2D eigenvalue weighted by Crippen LogP contribution is -2.30. The molecule has 0 spiro atoms. The molecule has 1 N–H and O–H groups in total. The summed E-state index contributed by atoms with van der Waals surface area (Å²) >= 11 is 0. The Hall–Kier alpha value is -3.20. The molecule has 0 bridgehead atoms. The Labute approximate surface area is 145 Å². The first kappa shape index (κ1) is 16.7. The largest absolute Gasteiger partial charge is 0.490 e. The van der Waals surface area contributed by atoms with Crippen LogP contribution in [0.2, 0.25) is 0 Å². The molecule has 0 fully saturated rings. The zero-order valence-electron chi connectivity index (χ0n) is 13.8. The van der Waals surface area contributed by atoms with Gasteiger partial charge in [0.05, 0.1) is 18.8 Å². The highest BCUT2D eigenvalue weighted by atomic mass is 16.5. The van der Waals surface area contributed by atoms with E-state index in [-0.39, 0.29) is 5.91 Å². The number of hydrogen-bond donors (Lipinski definition) is 1. The molecule has 0 saturated heterocycles. The number of benzene rings is 2. The normalized spacial score (nSPS) is 13.9. The summed E-state index contributed by atoms with van der Waals surface area (Å²) in [6, 6.07) is 14.1. The van der Waals surface area contributed by atoms with Crippen LogP contribution in [-0.4, -0.2) is 25.2 Å². The SMILES string of the molecule is CC(Oc1ccccc1C#N)C(=O)Nc1ccc2c(c1)OCCCO2. The number of nitrogens with one attached hydrogen (secondary N) is 1. The van der Waals surface area contributed by atoms with Crippen molar-refractivity contribution in [3.05, 3.63) is 48.0 Å². The van der Waals surface area contributed by atoms with Gasteiger partial charge in [-0.2, -0.15) is 5.26 Å². The summed E-state index contributed by atoms with van der Waals surface area (Å²) in [6.45, 7) is 2.82. The number of ether oxygens (including phenoxy) is 3. The average molecular weight is 338 g/mol. The topological polar surface area (TPSA) is 80.6 Å². The molecule has 0 aliphatic carbocycles. The second kappa shape index (κ2) is 7.58. The molecule has 0 saturated carbocycles. The summed E-state index contributed by atoms with van der Waals surface area (Å²) in [4.78, 5) is 12.4. The maximum atomic E-state index is 12.4. The van der Waals surface area contributed by atoms with Crippen molar-refractivity contribution in [2.24, 2.45) is 0 Å². The van der Waals surface area contributed by atoms with Crippen molar-refractivity contribution in [1.29, 1.82) is 5.26 Å². The van der Waals surface area contributed by atoms with E-state index in [1.807, 2.05) is 6.07 Å². The van der Waals surface area contributed by atoms with E-state index in [1.54, 1.807) is 49.4 Å². The van der Waals surface area contributed by atoms with Crippen molar-refractivity contribution in [3.63, 3.8) is 0 Å². The maximum Gasteiger partial charge on any atom is 0.265 e. The molecule has 1 amide bonds. The molecule has 6 heteroatoms. The van der Waals surface area contributed by atoms with E-state index >= 15 is 0 Å². The number of anilines is 1. The van der Waals surface area contributed by atoms with Crippen LogP contribution in [0.1, 0.15) is 18.9 Å². The Morgan fingerprint density at radius 2 is 1.96 bits per heavy atom. The van der Waals surface area contributed by atoms with Crippen LogP contribution in [0.3, 0.4) is 0 Å². The van der Waals surface area contributed by atoms with E-state index < -0.39 is 6.10 Å². The van der Waals surface area contributed by atoms with Gasteiger partial charge in [0.1, 0.15) is 11.8 Å². The van der Waals surface area contributed by atoms with Crippen LogP contribution in [-0.2, 0) is 4.79 Å². The lowest BCUT2D eigenvalue weighted by molar-refractivity contribution is -0.122.